The van der Waals surface area contributed by atoms with E-state index >= 15 is 0 Å². The number of likely N-dealkylation sites (N-methyl/N-ethyl adjacent to an activating group) is 1. The molecule has 1 amide bonds. The summed E-state index contributed by atoms with van der Waals surface area (Å²) in [7, 11) is 0. The summed E-state index contributed by atoms with van der Waals surface area (Å²) in [6, 6.07) is 3.73. The Labute approximate surface area is 149 Å². The fraction of sp³-hybridized carbons (Fsp3) is 0.375. The molecule has 124 valence electrons. The number of carbonyl (C=O) groups is 1. The first-order valence-corrected chi connectivity index (χ1v) is 8.65. The Balaban J connectivity index is 2.39. The van der Waals surface area contributed by atoms with Gasteiger partial charge in [0.05, 0.1) is 17.7 Å². The molecule has 5 nitrogen and oxygen atoms in total. The minimum Gasteiger partial charge on any atom is -0.490 e. The fourth-order valence-corrected chi connectivity index (χ4v) is 3.14. The molecule has 1 aliphatic rings. The molecule has 0 atom stereocenters. The molecular weight excluding hydrogens is 380 g/mol. The van der Waals surface area contributed by atoms with Crippen LogP contribution in [0.2, 0.25) is 0 Å². The Morgan fingerprint density at radius 1 is 1.26 bits per heavy atom. The highest BCUT2D eigenvalue weighted by Gasteiger charge is 2.29. The topological polar surface area (TPSA) is 50.8 Å². The van der Waals surface area contributed by atoms with Gasteiger partial charge in [0.15, 0.2) is 16.6 Å². The monoisotopic (exact) mass is 398 g/mol. The van der Waals surface area contributed by atoms with E-state index in [0.717, 1.165) is 10.0 Å². The number of halogens is 1. The van der Waals surface area contributed by atoms with Crippen LogP contribution in [0.5, 0.6) is 11.5 Å². The number of ether oxygens (including phenoxy) is 2. The van der Waals surface area contributed by atoms with E-state index in [4.69, 9.17) is 21.7 Å². The second kappa shape index (κ2) is 7.79. The molecule has 0 radical (unpaired) electrons. The minimum atomic E-state index is -0.125. The van der Waals surface area contributed by atoms with E-state index in [1.807, 2.05) is 32.9 Å². The van der Waals surface area contributed by atoms with Crippen LogP contribution in [0, 0.1) is 0 Å². The molecular formula is C16H19BrN2O3S. The van der Waals surface area contributed by atoms with Crippen molar-refractivity contribution in [3.8, 4) is 11.5 Å². The maximum atomic E-state index is 12.3. The zero-order valence-corrected chi connectivity index (χ0v) is 15.7. The van der Waals surface area contributed by atoms with Crippen LogP contribution < -0.4 is 14.8 Å². The normalized spacial score (nSPS) is 16.0. The van der Waals surface area contributed by atoms with Crippen LogP contribution in [0.3, 0.4) is 0 Å². The zero-order chi connectivity index (χ0) is 17.0. The van der Waals surface area contributed by atoms with Crippen molar-refractivity contribution in [2.45, 2.75) is 20.8 Å². The Bertz CT molecular complexity index is 661. The van der Waals surface area contributed by atoms with E-state index in [9.17, 15) is 4.79 Å². The summed E-state index contributed by atoms with van der Waals surface area (Å²) in [5, 5.41) is 3.37. The van der Waals surface area contributed by atoms with Crippen molar-refractivity contribution in [3.63, 3.8) is 0 Å². The smallest absolute Gasteiger partial charge is 0.276 e. The molecule has 1 heterocycles. The summed E-state index contributed by atoms with van der Waals surface area (Å²) in [5.74, 6) is 1.17. The fourth-order valence-electron chi connectivity index (χ4n) is 2.24. The summed E-state index contributed by atoms with van der Waals surface area (Å²) in [6.45, 7) is 7.32. The van der Waals surface area contributed by atoms with Crippen molar-refractivity contribution in [2.75, 3.05) is 19.8 Å². The van der Waals surface area contributed by atoms with Crippen LogP contribution >= 0.6 is 28.1 Å². The van der Waals surface area contributed by atoms with Gasteiger partial charge < -0.3 is 14.8 Å². The number of thiocarbonyl (C=S) groups is 1. The van der Waals surface area contributed by atoms with Crippen LogP contribution in [0.15, 0.2) is 22.3 Å². The lowest BCUT2D eigenvalue weighted by Gasteiger charge is -2.13. The van der Waals surface area contributed by atoms with Gasteiger partial charge in [-0.1, -0.05) is 0 Å². The average Bonchev–Trinajstić information content (AvgIpc) is 2.77. The molecule has 0 unspecified atom stereocenters. The van der Waals surface area contributed by atoms with Gasteiger partial charge in [-0.15, -0.1) is 0 Å². The molecule has 1 saturated heterocycles. The first-order valence-electron chi connectivity index (χ1n) is 7.45. The predicted octanol–water partition coefficient (Wildman–Crippen LogP) is 3.32. The molecule has 1 aliphatic heterocycles. The third-order valence-corrected chi connectivity index (χ3v) is 4.12. The summed E-state index contributed by atoms with van der Waals surface area (Å²) < 4.78 is 12.0. The van der Waals surface area contributed by atoms with Crippen molar-refractivity contribution in [2.24, 2.45) is 0 Å². The lowest BCUT2D eigenvalue weighted by molar-refractivity contribution is -0.122. The Hall–Kier alpha value is -1.60. The van der Waals surface area contributed by atoms with Gasteiger partial charge in [0, 0.05) is 6.54 Å². The van der Waals surface area contributed by atoms with Crippen LogP contribution in [0.1, 0.15) is 26.3 Å². The molecule has 2 rings (SSSR count). The quantitative estimate of drug-likeness (QED) is 0.588. The maximum absolute atomic E-state index is 12.3. The Kier molecular flexibility index (Phi) is 6.01. The number of hydrogen-bond donors (Lipinski definition) is 1. The number of nitrogens with one attached hydrogen (secondary N) is 1. The van der Waals surface area contributed by atoms with Crippen molar-refractivity contribution in [1.29, 1.82) is 0 Å². The standard InChI is InChI=1S/C16H19BrN2O3S/c1-4-19-15(20)12(18-16(19)23)8-10-7-11(17)14(22-6-3)13(9-10)21-5-2/h7-9H,4-6H2,1-3H3,(H,18,23)/b12-8+. The lowest BCUT2D eigenvalue weighted by atomic mass is 10.1. The highest BCUT2D eigenvalue weighted by atomic mass is 79.9. The van der Waals surface area contributed by atoms with Crippen LogP contribution in [0.25, 0.3) is 6.08 Å². The van der Waals surface area contributed by atoms with Gasteiger partial charge in [-0.2, -0.15) is 0 Å². The van der Waals surface area contributed by atoms with E-state index in [1.54, 1.807) is 6.08 Å². The number of hydrogen-bond acceptors (Lipinski definition) is 4. The zero-order valence-electron chi connectivity index (χ0n) is 13.3. The van der Waals surface area contributed by atoms with Crippen LogP contribution in [-0.2, 0) is 4.79 Å². The summed E-state index contributed by atoms with van der Waals surface area (Å²) in [6.07, 6.45) is 1.76. The lowest BCUT2D eigenvalue weighted by Crippen LogP contribution is -2.30. The number of carbonyl (C=O) groups excluding carboxylic acids is 1. The van der Waals surface area contributed by atoms with E-state index in [2.05, 4.69) is 21.2 Å². The molecule has 0 aliphatic carbocycles. The second-order valence-corrected chi connectivity index (χ2v) is 5.97. The Morgan fingerprint density at radius 2 is 1.96 bits per heavy atom. The number of amides is 1. The summed E-state index contributed by atoms with van der Waals surface area (Å²) >= 11 is 8.65. The van der Waals surface area contributed by atoms with E-state index in [0.29, 0.717) is 42.1 Å². The molecule has 23 heavy (non-hydrogen) atoms. The largest absolute Gasteiger partial charge is 0.490 e. The molecule has 0 aromatic heterocycles. The van der Waals surface area contributed by atoms with Gasteiger partial charge in [-0.25, -0.2) is 0 Å². The molecule has 0 bridgehead atoms. The second-order valence-electron chi connectivity index (χ2n) is 4.73. The van der Waals surface area contributed by atoms with Crippen molar-refractivity contribution >= 4 is 45.2 Å². The van der Waals surface area contributed by atoms with Crippen molar-refractivity contribution < 1.29 is 14.3 Å². The highest BCUT2D eigenvalue weighted by molar-refractivity contribution is 9.10. The van der Waals surface area contributed by atoms with Gasteiger partial charge in [-0.3, -0.25) is 9.69 Å². The van der Waals surface area contributed by atoms with Gasteiger partial charge >= 0.3 is 0 Å². The first-order chi connectivity index (χ1) is 11.0. The van der Waals surface area contributed by atoms with E-state index < -0.39 is 0 Å². The maximum Gasteiger partial charge on any atom is 0.276 e. The Morgan fingerprint density at radius 3 is 2.52 bits per heavy atom. The molecule has 1 N–H and O–H groups in total. The number of rotatable bonds is 6. The third kappa shape index (κ3) is 3.84. The van der Waals surface area contributed by atoms with Crippen LogP contribution in [-0.4, -0.2) is 35.7 Å². The summed E-state index contributed by atoms with van der Waals surface area (Å²) in [5.41, 5.74) is 1.27. The molecule has 1 aromatic carbocycles. The SMILES string of the molecule is CCOc1cc(/C=C2/NC(=S)N(CC)C2=O)cc(Br)c1OCC. The first kappa shape index (κ1) is 17.7. The van der Waals surface area contributed by atoms with Crippen molar-refractivity contribution in [3.05, 3.63) is 27.9 Å². The number of benzene rings is 1. The molecule has 1 fully saturated rings. The van der Waals surface area contributed by atoms with Gasteiger partial charge in [0.1, 0.15) is 5.70 Å². The third-order valence-electron chi connectivity index (χ3n) is 3.21. The van der Waals surface area contributed by atoms with Crippen molar-refractivity contribution in [1.82, 2.24) is 10.2 Å². The molecule has 0 spiro atoms. The van der Waals surface area contributed by atoms with E-state index in [-0.39, 0.29) is 5.91 Å². The molecule has 0 saturated carbocycles. The predicted molar refractivity (Wildman–Crippen MR) is 97.6 cm³/mol. The highest BCUT2D eigenvalue weighted by Crippen LogP contribution is 2.37. The minimum absolute atomic E-state index is 0.125. The van der Waals surface area contributed by atoms with Gasteiger partial charge in [0.2, 0.25) is 0 Å². The number of nitrogens with zero attached hydrogens (tertiary/aromatic N) is 1. The van der Waals surface area contributed by atoms with Gasteiger partial charge in [0.25, 0.3) is 5.91 Å². The summed E-state index contributed by atoms with van der Waals surface area (Å²) in [4.78, 5) is 13.8. The van der Waals surface area contributed by atoms with E-state index in [1.165, 1.54) is 4.90 Å². The molecule has 1 aromatic rings. The molecule has 7 heteroatoms. The average molecular weight is 399 g/mol. The van der Waals surface area contributed by atoms with Crippen LogP contribution in [0.4, 0.5) is 0 Å². The van der Waals surface area contributed by atoms with Gasteiger partial charge in [-0.05, 0) is 72.7 Å².